The van der Waals surface area contributed by atoms with Gasteiger partial charge in [-0.25, -0.2) is 4.98 Å². The average Bonchev–Trinajstić information content (AvgIpc) is 2.70. The molecule has 0 radical (unpaired) electrons. The Kier molecular flexibility index (Phi) is 4.21. The topological polar surface area (TPSA) is 17.8 Å². The van der Waals surface area contributed by atoms with Crippen molar-refractivity contribution < 1.29 is 0 Å². The standard InChI is InChI=1S/C16H26N2S/c19-12-16(9-5-1-2-6-10-16)11-18-13-17-14-7-3-4-8-15(14)18/h13,19H,1-12H2. The van der Waals surface area contributed by atoms with Gasteiger partial charge in [-0.3, -0.25) is 0 Å². The van der Waals surface area contributed by atoms with Gasteiger partial charge in [-0.1, -0.05) is 25.7 Å². The lowest BCUT2D eigenvalue weighted by molar-refractivity contribution is 0.238. The van der Waals surface area contributed by atoms with Crippen molar-refractivity contribution in [3.63, 3.8) is 0 Å². The molecule has 2 aliphatic carbocycles. The quantitative estimate of drug-likeness (QED) is 0.653. The first-order chi connectivity index (χ1) is 9.33. The number of imidazole rings is 1. The summed E-state index contributed by atoms with van der Waals surface area (Å²) in [5.74, 6) is 1.03. The molecule has 3 heteroatoms. The number of fused-ring (bicyclic) bond motifs is 1. The minimum atomic E-state index is 0.422. The van der Waals surface area contributed by atoms with Crippen molar-refractivity contribution in [1.29, 1.82) is 0 Å². The van der Waals surface area contributed by atoms with Gasteiger partial charge in [0.2, 0.25) is 0 Å². The molecule has 1 aromatic heterocycles. The Morgan fingerprint density at radius 2 is 1.79 bits per heavy atom. The molecule has 0 amide bonds. The Morgan fingerprint density at radius 1 is 1.05 bits per heavy atom. The molecule has 0 unspecified atom stereocenters. The fourth-order valence-electron chi connectivity index (χ4n) is 3.87. The summed E-state index contributed by atoms with van der Waals surface area (Å²) in [6.45, 7) is 1.15. The monoisotopic (exact) mass is 278 g/mol. The van der Waals surface area contributed by atoms with Crippen molar-refractivity contribution >= 4 is 12.6 Å². The van der Waals surface area contributed by atoms with Gasteiger partial charge in [-0.05, 0) is 49.7 Å². The fourth-order valence-corrected chi connectivity index (χ4v) is 4.29. The lowest BCUT2D eigenvalue weighted by atomic mass is 9.82. The van der Waals surface area contributed by atoms with Crippen LogP contribution in [-0.2, 0) is 19.4 Å². The Bertz CT molecular complexity index is 416. The predicted molar refractivity (Wildman–Crippen MR) is 82.9 cm³/mol. The number of hydrogen-bond acceptors (Lipinski definition) is 2. The molecule has 0 aliphatic heterocycles. The summed E-state index contributed by atoms with van der Waals surface area (Å²) in [4.78, 5) is 4.65. The van der Waals surface area contributed by atoms with Crippen molar-refractivity contribution in [1.82, 2.24) is 9.55 Å². The van der Waals surface area contributed by atoms with E-state index in [2.05, 4.69) is 15.9 Å². The molecule has 2 aliphatic rings. The third-order valence-electron chi connectivity index (χ3n) is 5.12. The van der Waals surface area contributed by atoms with E-state index in [0.717, 1.165) is 12.3 Å². The van der Waals surface area contributed by atoms with E-state index in [0.29, 0.717) is 5.41 Å². The molecule has 0 spiro atoms. The van der Waals surface area contributed by atoms with Gasteiger partial charge in [-0.15, -0.1) is 0 Å². The summed E-state index contributed by atoms with van der Waals surface area (Å²) in [6, 6.07) is 0. The van der Waals surface area contributed by atoms with Gasteiger partial charge in [0.05, 0.1) is 12.0 Å². The Balaban J connectivity index is 1.80. The van der Waals surface area contributed by atoms with Gasteiger partial charge >= 0.3 is 0 Å². The summed E-state index contributed by atoms with van der Waals surface area (Å²) in [7, 11) is 0. The van der Waals surface area contributed by atoms with Crippen LogP contribution in [0.25, 0.3) is 0 Å². The molecule has 0 atom stereocenters. The maximum Gasteiger partial charge on any atom is 0.0951 e. The molecule has 1 fully saturated rings. The van der Waals surface area contributed by atoms with Gasteiger partial charge in [0.1, 0.15) is 0 Å². The minimum Gasteiger partial charge on any atom is -0.334 e. The van der Waals surface area contributed by atoms with Crippen LogP contribution in [-0.4, -0.2) is 15.3 Å². The first-order valence-corrected chi connectivity index (χ1v) is 8.60. The lowest BCUT2D eigenvalue weighted by Crippen LogP contribution is -2.29. The third kappa shape index (κ3) is 2.86. The van der Waals surface area contributed by atoms with Gasteiger partial charge in [0.15, 0.2) is 0 Å². The van der Waals surface area contributed by atoms with E-state index in [1.165, 1.54) is 75.6 Å². The van der Waals surface area contributed by atoms with Crippen molar-refractivity contribution in [2.75, 3.05) is 5.75 Å². The molecular formula is C16H26N2S. The maximum absolute atomic E-state index is 4.70. The van der Waals surface area contributed by atoms with E-state index >= 15 is 0 Å². The highest BCUT2D eigenvalue weighted by Gasteiger charge is 2.31. The zero-order valence-corrected chi connectivity index (χ0v) is 12.8. The average molecular weight is 278 g/mol. The largest absolute Gasteiger partial charge is 0.334 e. The Hall–Kier alpha value is -0.440. The second-order valence-electron chi connectivity index (χ2n) is 6.55. The highest BCUT2D eigenvalue weighted by atomic mass is 32.1. The molecular weight excluding hydrogens is 252 g/mol. The molecule has 0 bridgehead atoms. The van der Waals surface area contributed by atoms with Gasteiger partial charge in [0.25, 0.3) is 0 Å². The van der Waals surface area contributed by atoms with Crippen LogP contribution in [0.3, 0.4) is 0 Å². The first-order valence-electron chi connectivity index (χ1n) is 7.97. The van der Waals surface area contributed by atoms with Gasteiger partial charge in [-0.2, -0.15) is 12.6 Å². The van der Waals surface area contributed by atoms with Crippen molar-refractivity contribution in [2.24, 2.45) is 5.41 Å². The lowest BCUT2D eigenvalue weighted by Gasteiger charge is -2.32. The van der Waals surface area contributed by atoms with E-state index in [-0.39, 0.29) is 0 Å². The molecule has 3 rings (SSSR count). The Labute approximate surface area is 122 Å². The summed E-state index contributed by atoms with van der Waals surface area (Å²) in [6.07, 6.45) is 15.5. The van der Waals surface area contributed by atoms with Gasteiger partial charge in [0, 0.05) is 12.2 Å². The third-order valence-corrected chi connectivity index (χ3v) is 5.79. The van der Waals surface area contributed by atoms with E-state index in [1.807, 2.05) is 0 Å². The van der Waals surface area contributed by atoms with E-state index in [9.17, 15) is 0 Å². The molecule has 0 saturated heterocycles. The number of thiol groups is 1. The Morgan fingerprint density at radius 3 is 2.53 bits per heavy atom. The van der Waals surface area contributed by atoms with Crippen molar-refractivity contribution in [2.45, 2.75) is 70.8 Å². The van der Waals surface area contributed by atoms with Gasteiger partial charge < -0.3 is 4.57 Å². The minimum absolute atomic E-state index is 0.422. The zero-order valence-electron chi connectivity index (χ0n) is 11.9. The molecule has 1 saturated carbocycles. The highest BCUT2D eigenvalue weighted by Crippen LogP contribution is 2.38. The smallest absolute Gasteiger partial charge is 0.0951 e. The molecule has 1 aromatic rings. The molecule has 106 valence electrons. The van der Waals surface area contributed by atoms with Crippen molar-refractivity contribution in [3.8, 4) is 0 Å². The summed E-state index contributed by atoms with van der Waals surface area (Å²) in [5.41, 5.74) is 3.32. The number of rotatable bonds is 3. The number of hydrogen-bond donors (Lipinski definition) is 1. The molecule has 2 nitrogen and oxygen atoms in total. The fraction of sp³-hybridized carbons (Fsp3) is 0.812. The SMILES string of the molecule is SCC1(Cn2cnc3c2CCCC3)CCCCCC1. The van der Waals surface area contributed by atoms with Crippen LogP contribution in [0.1, 0.15) is 62.8 Å². The second kappa shape index (κ2) is 5.90. The molecule has 0 aromatic carbocycles. The van der Waals surface area contributed by atoms with Crippen LogP contribution in [0.15, 0.2) is 6.33 Å². The summed E-state index contributed by atoms with van der Waals surface area (Å²) >= 11 is 4.70. The van der Waals surface area contributed by atoms with Crippen LogP contribution >= 0.6 is 12.6 Å². The molecule has 19 heavy (non-hydrogen) atoms. The van der Waals surface area contributed by atoms with Crippen LogP contribution in [0.4, 0.5) is 0 Å². The summed E-state index contributed by atoms with van der Waals surface area (Å²) < 4.78 is 2.47. The molecule has 0 N–H and O–H groups in total. The van der Waals surface area contributed by atoms with E-state index < -0.39 is 0 Å². The number of aryl methyl sites for hydroxylation is 1. The van der Waals surface area contributed by atoms with Crippen LogP contribution in [0.2, 0.25) is 0 Å². The second-order valence-corrected chi connectivity index (χ2v) is 6.86. The first kappa shape index (κ1) is 13.5. The normalized spacial score (nSPS) is 22.8. The highest BCUT2D eigenvalue weighted by molar-refractivity contribution is 7.80. The maximum atomic E-state index is 4.70. The number of aromatic nitrogens is 2. The van der Waals surface area contributed by atoms with E-state index in [4.69, 9.17) is 12.6 Å². The zero-order chi connectivity index (χ0) is 13.1. The van der Waals surface area contributed by atoms with Crippen LogP contribution in [0.5, 0.6) is 0 Å². The molecule has 1 heterocycles. The number of nitrogens with zero attached hydrogens (tertiary/aromatic N) is 2. The van der Waals surface area contributed by atoms with Crippen molar-refractivity contribution in [3.05, 3.63) is 17.7 Å². The summed E-state index contributed by atoms with van der Waals surface area (Å²) in [5, 5.41) is 0. The van der Waals surface area contributed by atoms with Crippen LogP contribution in [0, 0.1) is 5.41 Å². The van der Waals surface area contributed by atoms with E-state index in [1.54, 1.807) is 0 Å². The van der Waals surface area contributed by atoms with Crippen LogP contribution < -0.4 is 0 Å². The predicted octanol–water partition coefficient (Wildman–Crippen LogP) is 4.03.